The van der Waals surface area contributed by atoms with Gasteiger partial charge in [-0.15, -0.1) is 0 Å². The average Bonchev–Trinajstić information content (AvgIpc) is 3.27. The first-order valence-corrected chi connectivity index (χ1v) is 9.81. The van der Waals surface area contributed by atoms with Gasteiger partial charge < -0.3 is 25.3 Å². The van der Waals surface area contributed by atoms with Gasteiger partial charge in [0.05, 0.1) is 23.7 Å². The van der Waals surface area contributed by atoms with Crippen LogP contribution in [0.3, 0.4) is 0 Å². The highest BCUT2D eigenvalue weighted by Gasteiger charge is 2.34. The van der Waals surface area contributed by atoms with Crippen LogP contribution in [0.15, 0.2) is 65.3 Å². The van der Waals surface area contributed by atoms with E-state index in [9.17, 15) is 14.4 Å². The molecule has 0 aliphatic carbocycles. The molecule has 1 aromatic heterocycles. The summed E-state index contributed by atoms with van der Waals surface area (Å²) in [6.07, 6.45) is 1.46. The number of amides is 4. The van der Waals surface area contributed by atoms with Gasteiger partial charge in [-0.3, -0.25) is 9.59 Å². The van der Waals surface area contributed by atoms with Gasteiger partial charge in [0, 0.05) is 19.2 Å². The van der Waals surface area contributed by atoms with Gasteiger partial charge in [0.15, 0.2) is 5.76 Å². The second-order valence-corrected chi connectivity index (χ2v) is 7.40. The van der Waals surface area contributed by atoms with Crippen LogP contribution in [0.4, 0.5) is 21.9 Å². The van der Waals surface area contributed by atoms with E-state index in [2.05, 4.69) is 5.32 Å². The van der Waals surface area contributed by atoms with Gasteiger partial charge in [0.2, 0.25) is 5.91 Å². The summed E-state index contributed by atoms with van der Waals surface area (Å²) in [7, 11) is 0. The fraction of sp³-hybridized carbons (Fsp3) is 0.174. The second-order valence-electron chi connectivity index (χ2n) is 7.40. The summed E-state index contributed by atoms with van der Waals surface area (Å²) in [5.74, 6) is -0.116. The molecule has 0 spiro atoms. The summed E-state index contributed by atoms with van der Waals surface area (Å²) < 4.78 is 5.32. The molecule has 4 rings (SSSR count). The first kappa shape index (κ1) is 20.2. The predicted molar refractivity (Wildman–Crippen MR) is 118 cm³/mol. The minimum atomic E-state index is -0.632. The molecule has 8 heteroatoms. The summed E-state index contributed by atoms with van der Waals surface area (Å²) in [5, 5.41) is 2.53. The lowest BCUT2D eigenvalue weighted by molar-refractivity contribution is -0.117. The van der Waals surface area contributed by atoms with Crippen LogP contribution in [-0.4, -0.2) is 30.4 Å². The van der Waals surface area contributed by atoms with E-state index in [0.717, 1.165) is 11.1 Å². The predicted octanol–water partition coefficient (Wildman–Crippen LogP) is 3.84. The average molecular weight is 418 g/mol. The Morgan fingerprint density at radius 2 is 1.74 bits per heavy atom. The third kappa shape index (κ3) is 3.87. The number of furan rings is 1. The van der Waals surface area contributed by atoms with Crippen molar-refractivity contribution in [1.82, 2.24) is 0 Å². The van der Waals surface area contributed by atoms with Crippen molar-refractivity contribution in [3.05, 3.63) is 66.6 Å². The van der Waals surface area contributed by atoms with Crippen LogP contribution >= 0.6 is 0 Å². The van der Waals surface area contributed by atoms with Crippen LogP contribution in [0.25, 0.3) is 11.1 Å². The van der Waals surface area contributed by atoms with Crippen molar-refractivity contribution in [3.8, 4) is 11.1 Å². The lowest BCUT2D eigenvalue weighted by Crippen LogP contribution is -2.51. The Hall–Kier alpha value is -4.07. The highest BCUT2D eigenvalue weighted by atomic mass is 16.3. The summed E-state index contributed by atoms with van der Waals surface area (Å²) in [5.41, 5.74) is 8.78. The molecule has 3 N–H and O–H groups in total. The lowest BCUT2D eigenvalue weighted by Gasteiger charge is -2.40. The number of rotatable bonds is 3. The van der Waals surface area contributed by atoms with Crippen molar-refractivity contribution in [2.75, 3.05) is 21.7 Å². The molecule has 1 atom stereocenters. The van der Waals surface area contributed by atoms with Crippen LogP contribution in [0, 0.1) is 0 Å². The van der Waals surface area contributed by atoms with Crippen molar-refractivity contribution in [2.24, 2.45) is 5.73 Å². The molecule has 3 aromatic rings. The smallest absolute Gasteiger partial charge is 0.316 e. The molecule has 0 bridgehead atoms. The van der Waals surface area contributed by atoms with Crippen LogP contribution in [-0.2, 0) is 4.79 Å². The van der Waals surface area contributed by atoms with Crippen molar-refractivity contribution >= 4 is 34.9 Å². The quantitative estimate of drug-likeness (QED) is 0.673. The topological polar surface area (TPSA) is 109 Å². The fourth-order valence-electron chi connectivity index (χ4n) is 3.90. The van der Waals surface area contributed by atoms with Crippen LogP contribution in [0.5, 0.6) is 0 Å². The second kappa shape index (κ2) is 7.98. The SMILES string of the molecule is CC(=O)N1c2ccc(-c3ccc(NC(N)=O)cc3)cc2N(C(=O)c2ccco2)C[C@@H]1C. The highest BCUT2D eigenvalue weighted by molar-refractivity contribution is 6.10. The molecule has 2 heterocycles. The number of nitrogens with two attached hydrogens (primary N) is 1. The molecule has 158 valence electrons. The number of urea groups is 1. The van der Waals surface area contributed by atoms with Gasteiger partial charge in [-0.25, -0.2) is 4.79 Å². The van der Waals surface area contributed by atoms with Gasteiger partial charge in [0.25, 0.3) is 5.91 Å². The molecule has 1 aliphatic heterocycles. The van der Waals surface area contributed by atoms with Gasteiger partial charge >= 0.3 is 6.03 Å². The van der Waals surface area contributed by atoms with Gasteiger partial charge in [0.1, 0.15) is 0 Å². The third-order valence-corrected chi connectivity index (χ3v) is 5.22. The number of fused-ring (bicyclic) bond motifs is 1. The zero-order valence-electron chi connectivity index (χ0n) is 17.2. The Balaban J connectivity index is 1.77. The molecule has 8 nitrogen and oxygen atoms in total. The van der Waals surface area contributed by atoms with E-state index in [-0.39, 0.29) is 23.6 Å². The van der Waals surface area contributed by atoms with Crippen LogP contribution < -0.4 is 20.9 Å². The molecule has 0 radical (unpaired) electrons. The number of carbonyl (C=O) groups is 3. The molecule has 0 saturated carbocycles. The highest BCUT2D eigenvalue weighted by Crippen LogP contribution is 2.39. The number of hydrogen-bond acceptors (Lipinski definition) is 4. The molecule has 31 heavy (non-hydrogen) atoms. The Bertz CT molecular complexity index is 1140. The number of primary amides is 1. The van der Waals surface area contributed by atoms with E-state index in [4.69, 9.17) is 10.2 Å². The van der Waals surface area contributed by atoms with E-state index in [1.165, 1.54) is 13.2 Å². The number of carbonyl (C=O) groups excluding carboxylic acids is 3. The molecular formula is C23H22N4O4. The van der Waals surface area contributed by atoms with E-state index in [0.29, 0.717) is 23.6 Å². The fourth-order valence-corrected chi connectivity index (χ4v) is 3.90. The first-order valence-electron chi connectivity index (χ1n) is 9.81. The Labute approximate surface area is 179 Å². The summed E-state index contributed by atoms with van der Waals surface area (Å²) >= 11 is 0. The van der Waals surface area contributed by atoms with E-state index in [1.807, 2.05) is 37.3 Å². The monoisotopic (exact) mass is 418 g/mol. The maximum atomic E-state index is 13.1. The van der Waals surface area contributed by atoms with Gasteiger partial charge in [-0.1, -0.05) is 18.2 Å². The minimum Gasteiger partial charge on any atom is -0.459 e. The summed E-state index contributed by atoms with van der Waals surface area (Å²) in [6, 6.07) is 15.3. The molecule has 0 saturated heterocycles. The van der Waals surface area contributed by atoms with Crippen molar-refractivity contribution in [2.45, 2.75) is 19.9 Å². The number of anilines is 3. The zero-order chi connectivity index (χ0) is 22.1. The third-order valence-electron chi connectivity index (χ3n) is 5.22. The number of nitrogens with one attached hydrogen (secondary N) is 1. The molecule has 1 aliphatic rings. The van der Waals surface area contributed by atoms with E-state index in [1.54, 1.807) is 34.1 Å². The standard InChI is InChI=1S/C23H22N4O4/c1-14-13-26(22(29)21-4-3-11-31-21)20-12-17(7-10-19(20)27(14)15(2)28)16-5-8-18(9-6-16)25-23(24)30/h3-12,14H,13H2,1-2H3,(H3,24,25,30)/t14-/m0/s1. The van der Waals surface area contributed by atoms with E-state index < -0.39 is 6.03 Å². The van der Waals surface area contributed by atoms with Gasteiger partial charge in [-0.2, -0.15) is 0 Å². The maximum absolute atomic E-state index is 13.1. The molecular weight excluding hydrogens is 396 g/mol. The maximum Gasteiger partial charge on any atom is 0.316 e. The van der Waals surface area contributed by atoms with Crippen LogP contribution in [0.2, 0.25) is 0 Å². The number of benzene rings is 2. The Morgan fingerprint density at radius 1 is 1.03 bits per heavy atom. The summed E-state index contributed by atoms with van der Waals surface area (Å²) in [6.45, 7) is 3.77. The minimum absolute atomic E-state index is 0.0894. The molecule has 4 amide bonds. The molecule has 2 aromatic carbocycles. The summed E-state index contributed by atoms with van der Waals surface area (Å²) in [4.78, 5) is 39.8. The lowest BCUT2D eigenvalue weighted by atomic mass is 10.00. The Kier molecular flexibility index (Phi) is 5.21. The molecule has 0 unspecified atom stereocenters. The molecule has 0 fully saturated rings. The van der Waals surface area contributed by atoms with Crippen molar-refractivity contribution in [1.29, 1.82) is 0 Å². The van der Waals surface area contributed by atoms with Crippen molar-refractivity contribution < 1.29 is 18.8 Å². The van der Waals surface area contributed by atoms with Gasteiger partial charge in [-0.05, 0) is 54.4 Å². The zero-order valence-corrected chi connectivity index (χ0v) is 17.2. The van der Waals surface area contributed by atoms with E-state index >= 15 is 0 Å². The first-order chi connectivity index (χ1) is 14.8. The number of nitrogens with zero attached hydrogens (tertiary/aromatic N) is 2. The largest absolute Gasteiger partial charge is 0.459 e. The normalized spacial score (nSPS) is 15.4. The van der Waals surface area contributed by atoms with Crippen molar-refractivity contribution in [3.63, 3.8) is 0 Å². The number of hydrogen-bond donors (Lipinski definition) is 2. The Morgan fingerprint density at radius 3 is 2.35 bits per heavy atom. The van der Waals surface area contributed by atoms with Crippen LogP contribution in [0.1, 0.15) is 24.4 Å².